The Morgan fingerprint density at radius 1 is 1.42 bits per heavy atom. The summed E-state index contributed by atoms with van der Waals surface area (Å²) in [5.41, 5.74) is 4.15. The molecule has 1 atom stereocenters. The lowest BCUT2D eigenvalue weighted by Gasteiger charge is -2.04. The zero-order chi connectivity index (χ0) is 13.7. The van der Waals surface area contributed by atoms with Gasteiger partial charge in [0, 0.05) is 11.7 Å². The first-order valence-corrected chi connectivity index (χ1v) is 7.48. The second-order valence-electron chi connectivity index (χ2n) is 4.75. The number of aryl methyl sites for hydroxylation is 1. The van der Waals surface area contributed by atoms with Crippen molar-refractivity contribution in [3.63, 3.8) is 0 Å². The summed E-state index contributed by atoms with van der Waals surface area (Å²) < 4.78 is 0. The fourth-order valence-corrected chi connectivity index (χ4v) is 2.68. The molecule has 2 rings (SSSR count). The molecule has 1 aromatic carbocycles. The van der Waals surface area contributed by atoms with E-state index in [4.69, 9.17) is 4.99 Å². The van der Waals surface area contributed by atoms with Gasteiger partial charge >= 0.3 is 0 Å². The first kappa shape index (κ1) is 13.9. The molecule has 98 valence electrons. The van der Waals surface area contributed by atoms with Gasteiger partial charge in [0.15, 0.2) is 0 Å². The second-order valence-corrected chi connectivity index (χ2v) is 5.69. The number of allylic oxidation sites excluding steroid dienone is 4. The minimum Gasteiger partial charge on any atom is -0.249 e. The Balaban J connectivity index is 2.22. The summed E-state index contributed by atoms with van der Waals surface area (Å²) in [6.07, 6.45) is 6.53. The van der Waals surface area contributed by atoms with Gasteiger partial charge in [-0.3, -0.25) is 0 Å². The van der Waals surface area contributed by atoms with Crippen LogP contribution in [0.25, 0.3) is 0 Å². The molecule has 0 aromatic heterocycles. The van der Waals surface area contributed by atoms with Crippen molar-refractivity contribution in [3.05, 3.63) is 65.6 Å². The predicted octanol–water partition coefficient (Wildman–Crippen LogP) is 5.08. The van der Waals surface area contributed by atoms with Crippen LogP contribution >= 0.6 is 11.8 Å². The molecule has 2 heteroatoms. The number of hydrogen-bond acceptors (Lipinski definition) is 2. The molecule has 0 saturated carbocycles. The molecule has 0 amide bonds. The number of para-hydroxylation sites is 1. The molecular weight excluding hydrogens is 250 g/mol. The Morgan fingerprint density at radius 3 is 2.84 bits per heavy atom. The van der Waals surface area contributed by atoms with E-state index in [0.29, 0.717) is 5.92 Å². The first-order valence-electron chi connectivity index (χ1n) is 6.43. The van der Waals surface area contributed by atoms with Crippen molar-refractivity contribution in [2.75, 3.05) is 5.75 Å². The minimum absolute atomic E-state index is 0.520. The lowest BCUT2D eigenvalue weighted by Crippen LogP contribution is -1.97. The molecule has 19 heavy (non-hydrogen) atoms. The van der Waals surface area contributed by atoms with E-state index in [1.807, 2.05) is 36.9 Å². The van der Waals surface area contributed by atoms with Gasteiger partial charge in [0.1, 0.15) is 0 Å². The Kier molecular flexibility index (Phi) is 4.80. The van der Waals surface area contributed by atoms with Gasteiger partial charge in [-0.15, -0.1) is 11.8 Å². The number of aliphatic imine (C=N–C) groups is 1. The van der Waals surface area contributed by atoms with Crippen LogP contribution in [0.3, 0.4) is 0 Å². The van der Waals surface area contributed by atoms with Crippen molar-refractivity contribution in [2.24, 2.45) is 10.9 Å². The summed E-state index contributed by atoms with van der Waals surface area (Å²) >= 11 is 1.85. The zero-order valence-electron chi connectivity index (χ0n) is 11.5. The SMILES string of the molecule is C=C(C)C(/C=C/C1C=CSC1)=N\c1ccccc1C. The van der Waals surface area contributed by atoms with Crippen LogP contribution in [0.15, 0.2) is 65.0 Å². The monoisotopic (exact) mass is 269 g/mol. The van der Waals surface area contributed by atoms with Crippen LogP contribution in [-0.4, -0.2) is 11.5 Å². The van der Waals surface area contributed by atoms with Crippen LogP contribution < -0.4 is 0 Å². The Morgan fingerprint density at radius 2 is 2.21 bits per heavy atom. The lowest BCUT2D eigenvalue weighted by molar-refractivity contribution is 0.976. The van der Waals surface area contributed by atoms with Gasteiger partial charge in [-0.25, -0.2) is 4.99 Å². The van der Waals surface area contributed by atoms with Crippen molar-refractivity contribution >= 4 is 23.2 Å². The molecule has 0 N–H and O–H groups in total. The van der Waals surface area contributed by atoms with Gasteiger partial charge in [-0.05, 0) is 42.5 Å². The molecule has 1 nitrogen and oxygen atoms in total. The fraction of sp³-hybridized carbons (Fsp3) is 0.235. The van der Waals surface area contributed by atoms with Crippen LogP contribution in [0.2, 0.25) is 0 Å². The molecule has 0 spiro atoms. The minimum atomic E-state index is 0.520. The van der Waals surface area contributed by atoms with E-state index in [0.717, 1.165) is 22.7 Å². The first-order chi connectivity index (χ1) is 9.16. The van der Waals surface area contributed by atoms with E-state index in [1.165, 1.54) is 5.56 Å². The molecule has 0 radical (unpaired) electrons. The standard InChI is InChI=1S/C17H19NS/c1-13(2)16(9-8-15-10-11-19-12-15)18-17-7-5-4-6-14(17)3/h4-11,15H,1,12H2,2-3H3/b9-8+,18-16-. The maximum atomic E-state index is 4.72. The van der Waals surface area contributed by atoms with E-state index >= 15 is 0 Å². The van der Waals surface area contributed by atoms with Crippen molar-refractivity contribution in [2.45, 2.75) is 13.8 Å². The maximum absolute atomic E-state index is 4.72. The zero-order valence-corrected chi connectivity index (χ0v) is 12.3. The number of nitrogens with zero attached hydrogens (tertiary/aromatic N) is 1. The van der Waals surface area contributed by atoms with Crippen LogP contribution in [0, 0.1) is 12.8 Å². The van der Waals surface area contributed by atoms with Crippen LogP contribution in [0.4, 0.5) is 5.69 Å². The average molecular weight is 269 g/mol. The highest BCUT2D eigenvalue weighted by Gasteiger charge is 2.06. The van der Waals surface area contributed by atoms with Crippen molar-refractivity contribution in [1.82, 2.24) is 0 Å². The molecule has 1 aliphatic heterocycles. The average Bonchev–Trinajstić information content (AvgIpc) is 2.89. The topological polar surface area (TPSA) is 12.4 Å². The molecule has 1 aromatic rings. The highest BCUT2D eigenvalue weighted by atomic mass is 32.2. The molecule has 1 aliphatic rings. The summed E-state index contributed by atoms with van der Waals surface area (Å²) in [7, 11) is 0. The third kappa shape index (κ3) is 3.97. The number of hydrogen-bond donors (Lipinski definition) is 0. The molecule has 0 saturated heterocycles. The molecule has 0 aliphatic carbocycles. The van der Waals surface area contributed by atoms with Gasteiger partial charge < -0.3 is 0 Å². The fourth-order valence-electron chi connectivity index (χ4n) is 1.81. The van der Waals surface area contributed by atoms with E-state index < -0.39 is 0 Å². The Labute approximate surface area is 119 Å². The van der Waals surface area contributed by atoms with Crippen molar-refractivity contribution < 1.29 is 0 Å². The Bertz CT molecular complexity index is 552. The Hall–Kier alpha value is -1.54. The number of rotatable bonds is 4. The van der Waals surface area contributed by atoms with Gasteiger partial charge in [0.05, 0.1) is 11.4 Å². The smallest absolute Gasteiger partial charge is 0.0666 e. The summed E-state index contributed by atoms with van der Waals surface area (Å²) in [4.78, 5) is 4.72. The van der Waals surface area contributed by atoms with Crippen molar-refractivity contribution in [1.29, 1.82) is 0 Å². The van der Waals surface area contributed by atoms with E-state index in [-0.39, 0.29) is 0 Å². The lowest BCUT2D eigenvalue weighted by atomic mass is 10.1. The highest BCUT2D eigenvalue weighted by molar-refractivity contribution is 8.02. The van der Waals surface area contributed by atoms with Gasteiger partial charge in [-0.1, -0.05) is 36.9 Å². The van der Waals surface area contributed by atoms with E-state index in [2.05, 4.69) is 43.2 Å². The summed E-state index contributed by atoms with van der Waals surface area (Å²) in [6, 6.07) is 8.17. The summed E-state index contributed by atoms with van der Waals surface area (Å²) in [5, 5.41) is 2.16. The molecule has 1 unspecified atom stereocenters. The largest absolute Gasteiger partial charge is 0.249 e. The number of thioether (sulfide) groups is 1. The second kappa shape index (κ2) is 6.58. The molecule has 0 bridgehead atoms. The van der Waals surface area contributed by atoms with Crippen LogP contribution in [0.5, 0.6) is 0 Å². The third-order valence-corrected chi connectivity index (χ3v) is 3.93. The molecule has 1 heterocycles. The quantitative estimate of drug-likeness (QED) is 0.695. The number of benzene rings is 1. The third-order valence-electron chi connectivity index (χ3n) is 3.01. The van der Waals surface area contributed by atoms with E-state index in [9.17, 15) is 0 Å². The maximum Gasteiger partial charge on any atom is 0.0666 e. The normalized spacial score (nSPS) is 19.3. The van der Waals surface area contributed by atoms with Gasteiger partial charge in [0.2, 0.25) is 0 Å². The highest BCUT2D eigenvalue weighted by Crippen LogP contribution is 2.22. The van der Waals surface area contributed by atoms with Crippen LogP contribution in [-0.2, 0) is 0 Å². The predicted molar refractivity (Wildman–Crippen MR) is 87.3 cm³/mol. The van der Waals surface area contributed by atoms with Gasteiger partial charge in [0.25, 0.3) is 0 Å². The molecular formula is C17H19NS. The summed E-state index contributed by atoms with van der Waals surface area (Å²) in [6.45, 7) is 8.10. The van der Waals surface area contributed by atoms with Gasteiger partial charge in [-0.2, -0.15) is 0 Å². The molecule has 0 fully saturated rings. The van der Waals surface area contributed by atoms with Crippen LogP contribution in [0.1, 0.15) is 12.5 Å². The van der Waals surface area contributed by atoms with E-state index in [1.54, 1.807) is 0 Å². The van der Waals surface area contributed by atoms with Crippen molar-refractivity contribution in [3.8, 4) is 0 Å². The summed E-state index contributed by atoms with van der Waals surface area (Å²) in [5.74, 6) is 1.65.